The number of thiocarbonyl (C=S) groups is 1. The molecule has 9 heteroatoms. The second-order valence-corrected chi connectivity index (χ2v) is 10.4. The first kappa shape index (κ1) is 26.2. The quantitative estimate of drug-likeness (QED) is 0.376. The number of pyridine rings is 1. The SMILES string of the molecule is COCC(=O)Nc1cc(N2C(=S)N[C@H](c3ccccn3)[C@@H]2c2cc(C)n(C3CCCC3)c2C)ccc1OC. The largest absolute Gasteiger partial charge is 0.495 e. The van der Waals surface area contributed by atoms with Crippen molar-refractivity contribution in [2.24, 2.45) is 0 Å². The second kappa shape index (κ2) is 11.1. The van der Waals surface area contributed by atoms with Crippen molar-refractivity contribution in [1.82, 2.24) is 14.9 Å². The van der Waals surface area contributed by atoms with Gasteiger partial charge in [0, 0.05) is 36.4 Å². The third-order valence-electron chi connectivity index (χ3n) is 7.64. The maximum atomic E-state index is 12.4. The van der Waals surface area contributed by atoms with Gasteiger partial charge in [-0.3, -0.25) is 9.78 Å². The normalized spacial score (nSPS) is 19.6. The molecule has 2 fully saturated rings. The Labute approximate surface area is 229 Å². The molecule has 1 aliphatic heterocycles. The van der Waals surface area contributed by atoms with E-state index in [1.165, 1.54) is 49.7 Å². The summed E-state index contributed by atoms with van der Waals surface area (Å²) in [5.41, 5.74) is 6.09. The Morgan fingerprint density at radius 3 is 2.63 bits per heavy atom. The van der Waals surface area contributed by atoms with Crippen LogP contribution in [0.15, 0.2) is 48.7 Å². The number of rotatable bonds is 8. The van der Waals surface area contributed by atoms with E-state index in [1.54, 1.807) is 7.11 Å². The van der Waals surface area contributed by atoms with Crippen molar-refractivity contribution in [3.05, 3.63) is 71.3 Å². The molecule has 38 heavy (non-hydrogen) atoms. The number of aryl methyl sites for hydroxylation is 1. The summed E-state index contributed by atoms with van der Waals surface area (Å²) in [4.78, 5) is 19.2. The Morgan fingerprint density at radius 1 is 1.16 bits per heavy atom. The van der Waals surface area contributed by atoms with Gasteiger partial charge in [-0.25, -0.2) is 0 Å². The van der Waals surface area contributed by atoms with Crippen LogP contribution in [0.3, 0.4) is 0 Å². The molecule has 1 saturated heterocycles. The van der Waals surface area contributed by atoms with E-state index >= 15 is 0 Å². The molecule has 0 radical (unpaired) electrons. The number of ether oxygens (including phenoxy) is 2. The molecule has 3 heterocycles. The molecule has 1 saturated carbocycles. The van der Waals surface area contributed by atoms with Gasteiger partial charge >= 0.3 is 0 Å². The third-order valence-corrected chi connectivity index (χ3v) is 7.96. The monoisotopic (exact) mass is 533 g/mol. The van der Waals surface area contributed by atoms with E-state index in [2.05, 4.69) is 40.0 Å². The topological polar surface area (TPSA) is 80.7 Å². The van der Waals surface area contributed by atoms with E-state index in [-0.39, 0.29) is 24.6 Å². The number of nitrogens with zero attached hydrogens (tertiary/aromatic N) is 3. The van der Waals surface area contributed by atoms with Gasteiger partial charge in [0.25, 0.3) is 0 Å². The minimum atomic E-state index is -0.256. The highest BCUT2D eigenvalue weighted by Gasteiger charge is 2.42. The molecule has 2 atom stereocenters. The van der Waals surface area contributed by atoms with Crippen LogP contribution >= 0.6 is 12.2 Å². The molecule has 1 aliphatic carbocycles. The van der Waals surface area contributed by atoms with Gasteiger partial charge in [0.1, 0.15) is 12.4 Å². The van der Waals surface area contributed by atoms with Crippen LogP contribution < -0.4 is 20.3 Å². The fourth-order valence-electron chi connectivity index (χ4n) is 6.04. The van der Waals surface area contributed by atoms with Gasteiger partial charge in [-0.1, -0.05) is 18.9 Å². The van der Waals surface area contributed by atoms with Crippen LogP contribution in [0, 0.1) is 13.8 Å². The summed E-state index contributed by atoms with van der Waals surface area (Å²) in [7, 11) is 3.08. The predicted octanol–water partition coefficient (Wildman–Crippen LogP) is 5.39. The van der Waals surface area contributed by atoms with Gasteiger partial charge in [-0.15, -0.1) is 0 Å². The first-order valence-corrected chi connectivity index (χ1v) is 13.5. The standard InChI is InChI=1S/C29H35N5O3S/c1-18-15-22(19(2)33(18)20-9-5-6-10-20)28-27(23-11-7-8-14-30-23)32-29(38)34(28)21-12-13-25(37-4)24(16-21)31-26(35)17-36-3/h7-8,11-16,20,27-28H,5-6,9-10,17H2,1-4H3,(H,31,35)(H,32,38)/t27-,28+/m1/s1. The summed E-state index contributed by atoms with van der Waals surface area (Å²) in [5, 5.41) is 7.06. The van der Waals surface area contributed by atoms with E-state index in [1.807, 2.05) is 42.6 Å². The van der Waals surface area contributed by atoms with Crippen LogP contribution in [0.4, 0.5) is 11.4 Å². The first-order chi connectivity index (χ1) is 18.4. The van der Waals surface area contributed by atoms with E-state index in [9.17, 15) is 4.79 Å². The van der Waals surface area contributed by atoms with Crippen molar-refractivity contribution in [2.75, 3.05) is 31.0 Å². The zero-order valence-electron chi connectivity index (χ0n) is 22.4. The average molecular weight is 534 g/mol. The molecule has 1 amide bonds. The number of carbonyl (C=O) groups excluding carboxylic acids is 1. The van der Waals surface area contributed by atoms with Crippen molar-refractivity contribution in [3.8, 4) is 5.75 Å². The smallest absolute Gasteiger partial charge is 0.250 e. The van der Waals surface area contributed by atoms with Crippen LogP contribution in [0.1, 0.15) is 66.5 Å². The zero-order valence-corrected chi connectivity index (χ0v) is 23.2. The van der Waals surface area contributed by atoms with Crippen LogP contribution in [0.25, 0.3) is 0 Å². The first-order valence-electron chi connectivity index (χ1n) is 13.1. The zero-order chi connectivity index (χ0) is 26.8. The number of benzene rings is 1. The highest BCUT2D eigenvalue weighted by Crippen LogP contribution is 2.46. The molecular weight excluding hydrogens is 498 g/mol. The minimum Gasteiger partial charge on any atom is -0.495 e. The fourth-order valence-corrected chi connectivity index (χ4v) is 6.38. The van der Waals surface area contributed by atoms with Crippen molar-refractivity contribution in [2.45, 2.75) is 57.7 Å². The molecule has 5 rings (SSSR count). The summed E-state index contributed by atoms with van der Waals surface area (Å²) < 4.78 is 13.0. The molecule has 8 nitrogen and oxygen atoms in total. The Bertz CT molecular complexity index is 1320. The Morgan fingerprint density at radius 2 is 1.95 bits per heavy atom. The number of methoxy groups -OCH3 is 2. The van der Waals surface area contributed by atoms with Gasteiger partial charge < -0.3 is 29.6 Å². The molecule has 3 aromatic rings. The lowest BCUT2D eigenvalue weighted by Crippen LogP contribution is -2.30. The number of hydrogen-bond acceptors (Lipinski definition) is 5. The van der Waals surface area contributed by atoms with Crippen molar-refractivity contribution >= 4 is 34.6 Å². The predicted molar refractivity (Wildman–Crippen MR) is 153 cm³/mol. The molecule has 2 N–H and O–H groups in total. The fraction of sp³-hybridized carbons (Fsp3) is 0.414. The summed E-state index contributed by atoms with van der Waals surface area (Å²) in [6, 6.07) is 14.3. The molecule has 0 spiro atoms. The summed E-state index contributed by atoms with van der Waals surface area (Å²) in [5.74, 6) is 0.307. The van der Waals surface area contributed by atoms with E-state index < -0.39 is 0 Å². The van der Waals surface area contributed by atoms with Crippen molar-refractivity contribution in [1.29, 1.82) is 0 Å². The highest BCUT2D eigenvalue weighted by atomic mass is 32.1. The van der Waals surface area contributed by atoms with Crippen LogP contribution in [0.5, 0.6) is 5.75 Å². The van der Waals surface area contributed by atoms with Gasteiger partial charge in [0.2, 0.25) is 5.91 Å². The third kappa shape index (κ3) is 4.88. The number of hydrogen-bond donors (Lipinski definition) is 2. The molecule has 200 valence electrons. The molecule has 1 aromatic carbocycles. The summed E-state index contributed by atoms with van der Waals surface area (Å²) in [6.45, 7) is 4.38. The molecule has 0 unspecified atom stereocenters. The molecule has 2 aromatic heterocycles. The highest BCUT2D eigenvalue weighted by molar-refractivity contribution is 7.80. The number of carbonyl (C=O) groups is 1. The van der Waals surface area contributed by atoms with E-state index in [0.717, 1.165) is 11.4 Å². The maximum Gasteiger partial charge on any atom is 0.250 e. The van der Waals surface area contributed by atoms with Crippen molar-refractivity contribution in [3.63, 3.8) is 0 Å². The lowest BCUT2D eigenvalue weighted by atomic mass is 9.96. The van der Waals surface area contributed by atoms with Crippen LogP contribution in [-0.4, -0.2) is 41.4 Å². The lowest BCUT2D eigenvalue weighted by molar-refractivity contribution is -0.119. The second-order valence-electron chi connectivity index (χ2n) is 10.00. The molecule has 0 bridgehead atoms. The molecule has 2 aliphatic rings. The minimum absolute atomic E-state index is 0.0470. The van der Waals surface area contributed by atoms with E-state index in [0.29, 0.717) is 22.6 Å². The lowest BCUT2D eigenvalue weighted by Gasteiger charge is -2.29. The Hall–Kier alpha value is -3.43. The maximum absolute atomic E-state index is 12.4. The summed E-state index contributed by atoms with van der Waals surface area (Å²) >= 11 is 5.94. The van der Waals surface area contributed by atoms with Crippen molar-refractivity contribution < 1.29 is 14.3 Å². The van der Waals surface area contributed by atoms with Gasteiger partial charge in [-0.05, 0) is 80.9 Å². The van der Waals surface area contributed by atoms with E-state index in [4.69, 9.17) is 26.7 Å². The number of nitrogens with one attached hydrogen (secondary N) is 2. The van der Waals surface area contributed by atoms with Gasteiger partial charge in [-0.2, -0.15) is 0 Å². The number of anilines is 2. The summed E-state index contributed by atoms with van der Waals surface area (Å²) in [6.07, 6.45) is 6.80. The van der Waals surface area contributed by atoms with Gasteiger partial charge in [0.05, 0.1) is 30.6 Å². The Kier molecular flexibility index (Phi) is 7.67. The Balaban J connectivity index is 1.61. The number of aromatic nitrogens is 2. The van der Waals surface area contributed by atoms with Gasteiger partial charge in [0.15, 0.2) is 5.11 Å². The number of amides is 1. The van der Waals surface area contributed by atoms with Crippen LogP contribution in [0.2, 0.25) is 0 Å². The average Bonchev–Trinajstić information content (AvgIpc) is 3.62. The van der Waals surface area contributed by atoms with Crippen LogP contribution in [-0.2, 0) is 9.53 Å². The molecular formula is C29H35N5O3S.